The van der Waals surface area contributed by atoms with Gasteiger partial charge < -0.3 is 10.7 Å². The molecule has 0 aliphatic carbocycles. The van der Waals surface area contributed by atoms with Gasteiger partial charge in [0.2, 0.25) is 0 Å². The van der Waals surface area contributed by atoms with E-state index in [4.69, 9.17) is 5.73 Å². The highest BCUT2D eigenvalue weighted by atomic mass is 14.9. The lowest BCUT2D eigenvalue weighted by atomic mass is 10.1. The van der Waals surface area contributed by atoms with Crippen LogP contribution in [0.3, 0.4) is 0 Å². The first-order valence-corrected chi connectivity index (χ1v) is 5.80. The molecule has 0 unspecified atom stereocenters. The van der Waals surface area contributed by atoms with Gasteiger partial charge in [-0.2, -0.15) is 0 Å². The van der Waals surface area contributed by atoms with E-state index in [-0.39, 0.29) is 0 Å². The predicted molar refractivity (Wildman–Crippen MR) is 73.9 cm³/mol. The minimum atomic E-state index is 0.751. The second-order valence-electron chi connectivity index (χ2n) is 4.10. The first kappa shape index (κ1) is 10.6. The molecule has 0 aliphatic rings. The monoisotopic (exact) mass is 235 g/mol. The highest BCUT2D eigenvalue weighted by Crippen LogP contribution is 2.26. The summed E-state index contributed by atoms with van der Waals surface area (Å²) in [6, 6.07) is 17.8. The minimum Gasteiger partial charge on any atom is -0.398 e. The Morgan fingerprint density at radius 1 is 0.889 bits per heavy atom. The Morgan fingerprint density at radius 2 is 1.61 bits per heavy atom. The molecule has 0 aliphatic heterocycles. The van der Waals surface area contributed by atoms with Crippen LogP contribution >= 0.6 is 0 Å². The molecule has 0 radical (unpaired) electrons. The lowest BCUT2D eigenvalue weighted by Gasteiger charge is -2.01. The number of anilines is 1. The molecule has 0 saturated carbocycles. The maximum atomic E-state index is 5.95. The number of rotatable bonds is 2. The Kier molecular flexibility index (Phi) is 2.57. The van der Waals surface area contributed by atoms with Crippen LogP contribution < -0.4 is 5.73 Å². The third-order valence-electron chi connectivity index (χ3n) is 2.87. The number of nitrogen functional groups attached to an aromatic ring is 1. The van der Waals surface area contributed by atoms with Crippen molar-refractivity contribution in [2.45, 2.75) is 0 Å². The molecule has 0 bridgehead atoms. The van der Waals surface area contributed by atoms with Crippen LogP contribution in [0.5, 0.6) is 0 Å². The Hall–Kier alpha value is -2.55. The highest BCUT2D eigenvalue weighted by molar-refractivity contribution is 5.74. The van der Waals surface area contributed by atoms with E-state index in [1.165, 1.54) is 0 Å². The fraction of sp³-hybridized carbons (Fsp3) is 0. The standard InChI is InChI=1S/C15H13N3/c16-13-9-5-4-8-12(13)14-10-17-15(18-14)11-6-2-1-3-7-11/h1-10H,16H2,(H,17,18). The average molecular weight is 235 g/mol. The van der Waals surface area contributed by atoms with Crippen molar-refractivity contribution in [2.75, 3.05) is 5.73 Å². The van der Waals surface area contributed by atoms with Gasteiger partial charge in [0.25, 0.3) is 0 Å². The van der Waals surface area contributed by atoms with Crippen LogP contribution in [0.1, 0.15) is 0 Å². The van der Waals surface area contributed by atoms with E-state index in [1.807, 2.05) is 60.8 Å². The quantitative estimate of drug-likeness (QED) is 0.669. The Balaban J connectivity index is 2.03. The molecule has 88 valence electrons. The summed E-state index contributed by atoms with van der Waals surface area (Å²) in [7, 11) is 0. The van der Waals surface area contributed by atoms with Crippen LogP contribution in [-0.2, 0) is 0 Å². The van der Waals surface area contributed by atoms with Gasteiger partial charge in [-0.25, -0.2) is 4.98 Å². The van der Waals surface area contributed by atoms with Crippen molar-refractivity contribution in [1.29, 1.82) is 0 Å². The summed E-state index contributed by atoms with van der Waals surface area (Å²) >= 11 is 0. The first-order valence-electron chi connectivity index (χ1n) is 5.80. The zero-order chi connectivity index (χ0) is 12.4. The van der Waals surface area contributed by atoms with Crippen molar-refractivity contribution in [3.05, 3.63) is 60.8 Å². The number of hydrogen-bond donors (Lipinski definition) is 2. The van der Waals surface area contributed by atoms with Gasteiger partial charge in [-0.05, 0) is 6.07 Å². The van der Waals surface area contributed by atoms with Gasteiger partial charge in [-0.1, -0.05) is 48.5 Å². The molecule has 0 saturated heterocycles. The number of aromatic amines is 1. The van der Waals surface area contributed by atoms with Crippen molar-refractivity contribution < 1.29 is 0 Å². The Bertz CT molecular complexity index is 656. The number of nitrogens with one attached hydrogen (secondary N) is 1. The fourth-order valence-electron chi connectivity index (χ4n) is 1.94. The fourth-order valence-corrected chi connectivity index (χ4v) is 1.94. The maximum Gasteiger partial charge on any atom is 0.137 e. The largest absolute Gasteiger partial charge is 0.398 e. The zero-order valence-corrected chi connectivity index (χ0v) is 9.80. The molecule has 3 aromatic rings. The highest BCUT2D eigenvalue weighted by Gasteiger charge is 2.06. The molecule has 3 nitrogen and oxygen atoms in total. The summed E-state index contributed by atoms with van der Waals surface area (Å²) in [4.78, 5) is 7.69. The lowest BCUT2D eigenvalue weighted by Crippen LogP contribution is -1.89. The molecule has 3 rings (SSSR count). The van der Waals surface area contributed by atoms with Gasteiger partial charge in [-0.3, -0.25) is 0 Å². The second kappa shape index (κ2) is 4.37. The predicted octanol–water partition coefficient (Wildman–Crippen LogP) is 3.33. The second-order valence-corrected chi connectivity index (χ2v) is 4.10. The van der Waals surface area contributed by atoms with Gasteiger partial charge in [0, 0.05) is 16.8 Å². The third-order valence-corrected chi connectivity index (χ3v) is 2.87. The summed E-state index contributed by atoms with van der Waals surface area (Å²) in [5, 5.41) is 0. The number of nitrogens with two attached hydrogens (primary N) is 1. The smallest absolute Gasteiger partial charge is 0.137 e. The number of nitrogens with zero attached hydrogens (tertiary/aromatic N) is 1. The molecule has 1 aromatic heterocycles. The minimum absolute atomic E-state index is 0.751. The Morgan fingerprint density at radius 3 is 2.39 bits per heavy atom. The van der Waals surface area contributed by atoms with E-state index < -0.39 is 0 Å². The van der Waals surface area contributed by atoms with Crippen molar-refractivity contribution in [1.82, 2.24) is 9.97 Å². The molecule has 2 aromatic carbocycles. The number of hydrogen-bond acceptors (Lipinski definition) is 2. The molecule has 1 heterocycles. The van der Waals surface area contributed by atoms with Crippen LogP contribution in [0, 0.1) is 0 Å². The number of imidazole rings is 1. The van der Waals surface area contributed by atoms with Gasteiger partial charge in [0.1, 0.15) is 5.82 Å². The summed E-state index contributed by atoms with van der Waals surface area (Å²) < 4.78 is 0. The molecule has 3 heteroatoms. The van der Waals surface area contributed by atoms with E-state index in [0.717, 1.165) is 28.3 Å². The van der Waals surface area contributed by atoms with Gasteiger partial charge >= 0.3 is 0 Å². The summed E-state index contributed by atoms with van der Waals surface area (Å²) in [6.45, 7) is 0. The molecule has 3 N–H and O–H groups in total. The SMILES string of the molecule is Nc1ccccc1-c1cnc(-c2ccccc2)[nH]1. The van der Waals surface area contributed by atoms with Crippen molar-refractivity contribution in [3.8, 4) is 22.6 Å². The van der Waals surface area contributed by atoms with Crippen molar-refractivity contribution in [3.63, 3.8) is 0 Å². The molecule has 0 atom stereocenters. The summed E-state index contributed by atoms with van der Waals surface area (Å²) in [5.74, 6) is 0.855. The molecular formula is C15H13N3. The maximum absolute atomic E-state index is 5.95. The van der Waals surface area contributed by atoms with E-state index in [9.17, 15) is 0 Å². The van der Waals surface area contributed by atoms with Crippen LogP contribution in [0.4, 0.5) is 5.69 Å². The number of H-pyrrole nitrogens is 1. The van der Waals surface area contributed by atoms with E-state index >= 15 is 0 Å². The summed E-state index contributed by atoms with van der Waals surface area (Å²) in [6.07, 6.45) is 1.81. The van der Waals surface area contributed by atoms with Crippen LogP contribution in [0.15, 0.2) is 60.8 Å². The summed E-state index contributed by atoms with van der Waals surface area (Å²) in [5.41, 5.74) is 9.69. The van der Waals surface area contributed by atoms with Gasteiger partial charge in [0.15, 0.2) is 0 Å². The molecule has 0 spiro atoms. The Labute approximate surface area is 105 Å². The van der Waals surface area contributed by atoms with Crippen molar-refractivity contribution >= 4 is 5.69 Å². The number of para-hydroxylation sites is 1. The van der Waals surface area contributed by atoms with Crippen LogP contribution in [0.2, 0.25) is 0 Å². The van der Waals surface area contributed by atoms with E-state index in [0.29, 0.717) is 0 Å². The lowest BCUT2D eigenvalue weighted by molar-refractivity contribution is 1.31. The van der Waals surface area contributed by atoms with Crippen LogP contribution in [0.25, 0.3) is 22.6 Å². The van der Waals surface area contributed by atoms with Crippen molar-refractivity contribution in [2.24, 2.45) is 0 Å². The van der Waals surface area contributed by atoms with Gasteiger partial charge in [0.05, 0.1) is 11.9 Å². The number of aromatic nitrogens is 2. The molecule has 0 amide bonds. The molecular weight excluding hydrogens is 222 g/mol. The van der Waals surface area contributed by atoms with E-state index in [2.05, 4.69) is 9.97 Å². The first-order chi connectivity index (χ1) is 8.84. The average Bonchev–Trinajstić information content (AvgIpc) is 2.90. The van der Waals surface area contributed by atoms with E-state index in [1.54, 1.807) is 0 Å². The third kappa shape index (κ3) is 1.86. The number of benzene rings is 2. The van der Waals surface area contributed by atoms with Gasteiger partial charge in [-0.15, -0.1) is 0 Å². The topological polar surface area (TPSA) is 54.7 Å². The molecule has 0 fully saturated rings. The normalized spacial score (nSPS) is 10.4. The zero-order valence-electron chi connectivity index (χ0n) is 9.80. The van der Waals surface area contributed by atoms with Crippen LogP contribution in [-0.4, -0.2) is 9.97 Å². The molecule has 18 heavy (non-hydrogen) atoms.